The van der Waals surface area contributed by atoms with E-state index in [1.165, 1.54) is 5.06 Å². The van der Waals surface area contributed by atoms with Gasteiger partial charge in [0, 0.05) is 12.1 Å². The Kier molecular flexibility index (Phi) is 4.53. The minimum absolute atomic E-state index is 0.0593. The van der Waals surface area contributed by atoms with Crippen LogP contribution < -0.4 is 0 Å². The van der Waals surface area contributed by atoms with E-state index in [-0.39, 0.29) is 24.5 Å². The Bertz CT molecular complexity index is 301. The van der Waals surface area contributed by atoms with Crippen molar-refractivity contribution in [3.63, 3.8) is 0 Å². The molecule has 1 N–H and O–H groups in total. The van der Waals surface area contributed by atoms with Crippen LogP contribution in [-0.4, -0.2) is 54.8 Å². The number of rotatable bonds is 4. The number of carbonyl (C=O) groups excluding carboxylic acids is 1. The zero-order chi connectivity index (χ0) is 12.3. The molecule has 0 radical (unpaired) electrons. The van der Waals surface area contributed by atoms with E-state index in [4.69, 9.17) is 4.84 Å². The van der Waals surface area contributed by atoms with E-state index in [1.54, 1.807) is 13.3 Å². The standard InChI is InChI=1S/C10H20NO4P/c1-8-4-5-15-11(10(8)13)6-9(12)7-16(2,3)14/h8-9,12H,4-7H2,1-3H3. The second-order valence-corrected chi connectivity index (χ2v) is 8.35. The number of hydrogen-bond acceptors (Lipinski definition) is 4. The maximum absolute atomic E-state index is 11.6. The van der Waals surface area contributed by atoms with Crippen molar-refractivity contribution >= 4 is 13.0 Å². The summed E-state index contributed by atoms with van der Waals surface area (Å²) in [6.07, 6.45) is 0.148. The molecule has 94 valence electrons. The number of nitrogens with zero attached hydrogens (tertiary/aromatic N) is 1. The van der Waals surface area contributed by atoms with Crippen molar-refractivity contribution in [3.05, 3.63) is 0 Å². The number of carbonyl (C=O) groups is 1. The second kappa shape index (κ2) is 5.30. The van der Waals surface area contributed by atoms with E-state index in [2.05, 4.69) is 0 Å². The predicted molar refractivity (Wildman–Crippen MR) is 61.8 cm³/mol. The fourth-order valence-electron chi connectivity index (χ4n) is 1.67. The molecule has 0 saturated carbocycles. The van der Waals surface area contributed by atoms with E-state index in [0.29, 0.717) is 13.0 Å². The summed E-state index contributed by atoms with van der Waals surface area (Å²) >= 11 is 0. The summed E-state index contributed by atoms with van der Waals surface area (Å²) in [4.78, 5) is 16.8. The Morgan fingerprint density at radius 3 is 2.81 bits per heavy atom. The van der Waals surface area contributed by atoms with Crippen molar-refractivity contribution in [2.75, 3.05) is 32.6 Å². The molecule has 1 fully saturated rings. The largest absolute Gasteiger partial charge is 0.391 e. The molecular weight excluding hydrogens is 229 g/mol. The molecule has 1 aliphatic heterocycles. The first kappa shape index (κ1) is 13.7. The van der Waals surface area contributed by atoms with Crippen LogP contribution >= 0.6 is 7.14 Å². The monoisotopic (exact) mass is 249 g/mol. The minimum Gasteiger partial charge on any atom is -0.391 e. The average molecular weight is 249 g/mol. The zero-order valence-electron chi connectivity index (χ0n) is 10.0. The van der Waals surface area contributed by atoms with Gasteiger partial charge in [-0.1, -0.05) is 6.92 Å². The van der Waals surface area contributed by atoms with E-state index in [9.17, 15) is 14.5 Å². The Morgan fingerprint density at radius 1 is 1.62 bits per heavy atom. The third kappa shape index (κ3) is 4.24. The molecule has 1 saturated heterocycles. The number of hydroxylamine groups is 2. The van der Waals surface area contributed by atoms with Crippen LogP contribution in [0.4, 0.5) is 0 Å². The van der Waals surface area contributed by atoms with Crippen molar-refractivity contribution in [3.8, 4) is 0 Å². The third-order valence-corrected chi connectivity index (χ3v) is 3.79. The second-order valence-electron chi connectivity index (χ2n) is 4.83. The summed E-state index contributed by atoms with van der Waals surface area (Å²) in [5, 5.41) is 10.9. The van der Waals surface area contributed by atoms with Gasteiger partial charge in [0.2, 0.25) is 5.91 Å². The van der Waals surface area contributed by atoms with Gasteiger partial charge in [0.05, 0.1) is 26.4 Å². The highest BCUT2D eigenvalue weighted by Gasteiger charge is 2.28. The highest BCUT2D eigenvalue weighted by molar-refractivity contribution is 7.62. The Balaban J connectivity index is 2.47. The van der Waals surface area contributed by atoms with Gasteiger partial charge in [-0.05, 0) is 19.8 Å². The average Bonchev–Trinajstić information content (AvgIpc) is 2.09. The van der Waals surface area contributed by atoms with Crippen LogP contribution in [0.3, 0.4) is 0 Å². The fraction of sp³-hybridized carbons (Fsp3) is 0.900. The highest BCUT2D eigenvalue weighted by atomic mass is 31.2. The molecule has 6 heteroatoms. The van der Waals surface area contributed by atoms with Crippen LogP contribution in [0.15, 0.2) is 0 Å². The van der Waals surface area contributed by atoms with Crippen molar-refractivity contribution < 1.29 is 19.3 Å². The van der Waals surface area contributed by atoms with Gasteiger partial charge >= 0.3 is 0 Å². The first-order valence-corrected chi connectivity index (χ1v) is 8.24. The first-order chi connectivity index (χ1) is 7.29. The van der Waals surface area contributed by atoms with Crippen LogP contribution in [0.1, 0.15) is 13.3 Å². The first-order valence-electron chi connectivity index (χ1n) is 5.46. The lowest BCUT2D eigenvalue weighted by Crippen LogP contribution is -2.45. The van der Waals surface area contributed by atoms with E-state index < -0.39 is 13.2 Å². The summed E-state index contributed by atoms with van der Waals surface area (Å²) in [7, 11) is -2.27. The lowest BCUT2D eigenvalue weighted by Gasteiger charge is -2.31. The number of aliphatic hydroxyl groups is 1. The summed E-state index contributed by atoms with van der Waals surface area (Å²) in [5.41, 5.74) is 0. The number of aliphatic hydroxyl groups excluding tert-OH is 1. The van der Waals surface area contributed by atoms with Gasteiger partial charge in [-0.3, -0.25) is 9.63 Å². The van der Waals surface area contributed by atoms with Crippen LogP contribution in [0.5, 0.6) is 0 Å². The maximum Gasteiger partial charge on any atom is 0.249 e. The van der Waals surface area contributed by atoms with E-state index in [0.717, 1.165) is 0 Å². The molecule has 1 heterocycles. The van der Waals surface area contributed by atoms with Crippen LogP contribution in [0.25, 0.3) is 0 Å². The van der Waals surface area contributed by atoms with Gasteiger partial charge in [-0.25, -0.2) is 5.06 Å². The quantitative estimate of drug-likeness (QED) is 0.747. The molecule has 0 spiro atoms. The van der Waals surface area contributed by atoms with Gasteiger partial charge in [0.1, 0.15) is 0 Å². The summed E-state index contributed by atoms with van der Waals surface area (Å²) < 4.78 is 11.5. The molecule has 5 nitrogen and oxygen atoms in total. The Labute approximate surface area is 96.1 Å². The molecule has 1 amide bonds. The third-order valence-electron chi connectivity index (χ3n) is 2.49. The maximum atomic E-state index is 11.6. The molecule has 0 aromatic heterocycles. The summed E-state index contributed by atoms with van der Waals surface area (Å²) in [6, 6.07) is 0. The van der Waals surface area contributed by atoms with Crippen LogP contribution in [-0.2, 0) is 14.2 Å². The highest BCUT2D eigenvalue weighted by Crippen LogP contribution is 2.36. The molecule has 16 heavy (non-hydrogen) atoms. The molecule has 0 aromatic rings. The Morgan fingerprint density at radius 2 is 2.25 bits per heavy atom. The lowest BCUT2D eigenvalue weighted by molar-refractivity contribution is -0.210. The molecule has 0 aromatic carbocycles. The van der Waals surface area contributed by atoms with Crippen molar-refractivity contribution in [2.45, 2.75) is 19.4 Å². The topological polar surface area (TPSA) is 66.8 Å². The molecular formula is C10H20NO4P. The molecule has 2 unspecified atom stereocenters. The molecule has 0 aliphatic carbocycles. The summed E-state index contributed by atoms with van der Waals surface area (Å²) in [6.45, 7) is 5.69. The van der Waals surface area contributed by atoms with E-state index >= 15 is 0 Å². The smallest absolute Gasteiger partial charge is 0.249 e. The minimum atomic E-state index is -2.27. The molecule has 1 rings (SSSR count). The lowest BCUT2D eigenvalue weighted by atomic mass is 10.1. The van der Waals surface area contributed by atoms with Crippen molar-refractivity contribution in [1.29, 1.82) is 0 Å². The Hall–Kier alpha value is -0.380. The summed E-state index contributed by atoms with van der Waals surface area (Å²) in [5.74, 6) is -0.164. The van der Waals surface area contributed by atoms with E-state index in [1.807, 2.05) is 6.92 Å². The predicted octanol–water partition coefficient (Wildman–Crippen LogP) is 0.770. The van der Waals surface area contributed by atoms with Gasteiger partial charge in [-0.2, -0.15) is 0 Å². The van der Waals surface area contributed by atoms with Crippen LogP contribution in [0, 0.1) is 5.92 Å². The molecule has 2 atom stereocenters. The number of hydrogen-bond donors (Lipinski definition) is 1. The van der Waals surface area contributed by atoms with Gasteiger partial charge < -0.3 is 9.67 Å². The van der Waals surface area contributed by atoms with Crippen molar-refractivity contribution in [1.82, 2.24) is 5.06 Å². The van der Waals surface area contributed by atoms with Crippen LogP contribution in [0.2, 0.25) is 0 Å². The van der Waals surface area contributed by atoms with Gasteiger partial charge in [-0.15, -0.1) is 0 Å². The van der Waals surface area contributed by atoms with Gasteiger partial charge in [0.25, 0.3) is 0 Å². The SMILES string of the molecule is CC1CCON(CC(O)CP(C)(C)=O)C1=O. The molecule has 1 aliphatic rings. The molecule has 0 bridgehead atoms. The number of amides is 1. The normalized spacial score (nSPS) is 24.6. The fourth-order valence-corrected chi connectivity index (χ4v) is 2.80. The zero-order valence-corrected chi connectivity index (χ0v) is 10.9. The van der Waals surface area contributed by atoms with Gasteiger partial charge in [0.15, 0.2) is 0 Å². The van der Waals surface area contributed by atoms with Crippen molar-refractivity contribution in [2.24, 2.45) is 5.92 Å². The number of β-amino-alcohol motifs (C(OH)–C–C–N with tert-alkyl or cyclic N) is 1.